The molecule has 3 aromatic rings. The van der Waals surface area contributed by atoms with Crippen molar-refractivity contribution in [3.05, 3.63) is 89.5 Å². The Kier molecular flexibility index (Phi) is 5.63. The maximum atomic E-state index is 12.9. The van der Waals surface area contributed by atoms with Gasteiger partial charge in [0, 0.05) is 16.8 Å². The Hall–Kier alpha value is -3.78. The van der Waals surface area contributed by atoms with Crippen molar-refractivity contribution in [1.82, 2.24) is 0 Å². The Morgan fingerprint density at radius 2 is 1.66 bits per heavy atom. The molecule has 0 aromatic heterocycles. The third-order valence-electron chi connectivity index (χ3n) is 5.28. The van der Waals surface area contributed by atoms with Gasteiger partial charge in [-0.25, -0.2) is 8.42 Å². The van der Waals surface area contributed by atoms with Gasteiger partial charge in [-0.05, 0) is 54.4 Å². The number of carbonyl (C=O) groups excluding carboxylic acids is 3. The molecule has 1 aliphatic rings. The first kappa shape index (κ1) is 21.5. The smallest absolute Gasteiger partial charge is 0.255 e. The highest BCUT2D eigenvalue weighted by Crippen LogP contribution is 2.30. The number of anilines is 2. The van der Waals surface area contributed by atoms with Gasteiger partial charge in [0.2, 0.25) is 5.25 Å². The summed E-state index contributed by atoms with van der Waals surface area (Å²) >= 11 is 0. The lowest BCUT2D eigenvalue weighted by molar-refractivity contribution is -0.115. The second-order valence-corrected chi connectivity index (χ2v) is 9.39. The molecule has 0 saturated carbocycles. The summed E-state index contributed by atoms with van der Waals surface area (Å²) in [6, 6.07) is 18.9. The number of amides is 2. The topological polar surface area (TPSA) is 109 Å². The van der Waals surface area contributed by atoms with Crippen LogP contribution in [0.3, 0.4) is 0 Å². The lowest BCUT2D eigenvalue weighted by atomic mass is 9.99. The highest BCUT2D eigenvalue weighted by Gasteiger charge is 2.44. The molecular weight excluding hydrogens is 428 g/mol. The lowest BCUT2D eigenvalue weighted by Crippen LogP contribution is -2.45. The van der Waals surface area contributed by atoms with Crippen molar-refractivity contribution in [3.8, 4) is 0 Å². The predicted molar refractivity (Wildman–Crippen MR) is 121 cm³/mol. The molecule has 0 spiro atoms. The molecule has 1 atom stereocenters. The summed E-state index contributed by atoms with van der Waals surface area (Å²) in [6.45, 7) is 2.03. The number of carbonyl (C=O) groups is 3. The Balaban J connectivity index is 1.60. The van der Waals surface area contributed by atoms with Crippen molar-refractivity contribution in [2.24, 2.45) is 0 Å². The summed E-state index contributed by atoms with van der Waals surface area (Å²) in [5.41, 5.74) is 2.12. The summed E-state index contributed by atoms with van der Waals surface area (Å²) in [6.07, 6.45) is 0.883. The fraction of sp³-hybridized carbons (Fsp3) is 0.125. The van der Waals surface area contributed by atoms with E-state index in [0.717, 1.165) is 12.0 Å². The van der Waals surface area contributed by atoms with Crippen LogP contribution in [0.25, 0.3) is 0 Å². The summed E-state index contributed by atoms with van der Waals surface area (Å²) in [4.78, 5) is 38.1. The van der Waals surface area contributed by atoms with Gasteiger partial charge in [-0.1, -0.05) is 37.3 Å². The largest absolute Gasteiger partial charge is 0.324 e. The van der Waals surface area contributed by atoms with Crippen LogP contribution in [0, 0.1) is 0 Å². The molecule has 0 aliphatic carbocycles. The van der Waals surface area contributed by atoms with Crippen molar-refractivity contribution in [1.29, 1.82) is 0 Å². The SMILES string of the molecule is CCc1ccc(NC(=O)c2ccc3c(c2)NC(=O)C(S(=O)(=O)c2ccccc2)C3=O)cc1. The van der Waals surface area contributed by atoms with E-state index in [4.69, 9.17) is 0 Å². The van der Waals surface area contributed by atoms with Crippen LogP contribution in [-0.4, -0.2) is 31.3 Å². The van der Waals surface area contributed by atoms with Gasteiger partial charge >= 0.3 is 0 Å². The molecular formula is C24H20N2O5S. The van der Waals surface area contributed by atoms with Crippen LogP contribution >= 0.6 is 0 Å². The first-order valence-corrected chi connectivity index (χ1v) is 11.5. The van der Waals surface area contributed by atoms with Gasteiger partial charge in [0.05, 0.1) is 10.6 Å². The van der Waals surface area contributed by atoms with Crippen LogP contribution < -0.4 is 10.6 Å². The van der Waals surface area contributed by atoms with E-state index in [0.29, 0.717) is 5.69 Å². The number of hydrogen-bond acceptors (Lipinski definition) is 5. The number of rotatable bonds is 5. The molecule has 2 amide bonds. The van der Waals surface area contributed by atoms with E-state index in [1.165, 1.54) is 42.5 Å². The maximum absolute atomic E-state index is 12.9. The molecule has 7 nitrogen and oxygen atoms in total. The number of benzene rings is 3. The van der Waals surface area contributed by atoms with E-state index >= 15 is 0 Å². The molecule has 1 heterocycles. The molecule has 162 valence electrons. The monoisotopic (exact) mass is 448 g/mol. The maximum Gasteiger partial charge on any atom is 0.255 e. The number of aryl methyl sites for hydroxylation is 1. The van der Waals surface area contributed by atoms with Gasteiger partial charge < -0.3 is 10.6 Å². The van der Waals surface area contributed by atoms with E-state index in [1.807, 2.05) is 19.1 Å². The van der Waals surface area contributed by atoms with Gasteiger partial charge in [-0.15, -0.1) is 0 Å². The van der Waals surface area contributed by atoms with Crippen molar-refractivity contribution in [2.75, 3.05) is 10.6 Å². The minimum atomic E-state index is -4.22. The Morgan fingerprint density at radius 3 is 2.31 bits per heavy atom. The molecule has 0 fully saturated rings. The number of nitrogens with one attached hydrogen (secondary N) is 2. The summed E-state index contributed by atoms with van der Waals surface area (Å²) in [5.74, 6) is -2.19. The summed E-state index contributed by atoms with van der Waals surface area (Å²) < 4.78 is 25.8. The van der Waals surface area contributed by atoms with Crippen LogP contribution in [0.4, 0.5) is 11.4 Å². The molecule has 0 radical (unpaired) electrons. The van der Waals surface area contributed by atoms with Gasteiger partial charge in [0.25, 0.3) is 11.8 Å². The molecule has 3 aromatic carbocycles. The molecule has 8 heteroatoms. The number of sulfone groups is 1. The van der Waals surface area contributed by atoms with Crippen molar-refractivity contribution < 1.29 is 22.8 Å². The predicted octanol–water partition coefficient (Wildman–Crippen LogP) is 3.48. The molecule has 1 unspecified atom stereocenters. The van der Waals surface area contributed by atoms with Crippen molar-refractivity contribution in [2.45, 2.75) is 23.5 Å². The zero-order valence-corrected chi connectivity index (χ0v) is 18.0. The molecule has 32 heavy (non-hydrogen) atoms. The van der Waals surface area contributed by atoms with Crippen LogP contribution in [0.5, 0.6) is 0 Å². The van der Waals surface area contributed by atoms with Crippen LogP contribution in [0.2, 0.25) is 0 Å². The third-order valence-corrected chi connectivity index (χ3v) is 7.26. The number of Topliss-reactive ketones (excluding diaryl/α,β-unsaturated/α-hetero) is 1. The minimum Gasteiger partial charge on any atom is -0.324 e. The average Bonchev–Trinajstić information content (AvgIpc) is 2.79. The fourth-order valence-corrected chi connectivity index (χ4v) is 5.08. The van der Waals surface area contributed by atoms with Crippen LogP contribution in [0.1, 0.15) is 33.2 Å². The van der Waals surface area contributed by atoms with Gasteiger partial charge in [-0.3, -0.25) is 14.4 Å². The molecule has 4 rings (SSSR count). The Bertz CT molecular complexity index is 1320. The first-order valence-electron chi connectivity index (χ1n) is 9.99. The van der Waals surface area contributed by atoms with Gasteiger partial charge in [0.1, 0.15) is 0 Å². The quantitative estimate of drug-likeness (QED) is 0.581. The zero-order chi connectivity index (χ0) is 22.9. The van der Waals surface area contributed by atoms with E-state index in [1.54, 1.807) is 18.2 Å². The number of fused-ring (bicyclic) bond motifs is 1. The fourth-order valence-electron chi connectivity index (χ4n) is 3.52. The van der Waals surface area contributed by atoms with E-state index in [-0.39, 0.29) is 21.7 Å². The molecule has 1 aliphatic heterocycles. The normalized spacial score (nSPS) is 15.6. The lowest BCUT2D eigenvalue weighted by Gasteiger charge is -2.24. The summed E-state index contributed by atoms with van der Waals surface area (Å²) in [5, 5.41) is 3.35. The second-order valence-electron chi connectivity index (χ2n) is 7.36. The van der Waals surface area contributed by atoms with Crippen LogP contribution in [-0.2, 0) is 21.1 Å². The van der Waals surface area contributed by atoms with Crippen LogP contribution in [0.15, 0.2) is 77.7 Å². The summed E-state index contributed by atoms with van der Waals surface area (Å²) in [7, 11) is -4.22. The Labute approximate surface area is 185 Å². The molecule has 2 N–H and O–H groups in total. The zero-order valence-electron chi connectivity index (χ0n) is 17.2. The highest BCUT2D eigenvalue weighted by molar-refractivity contribution is 7.93. The van der Waals surface area contributed by atoms with Gasteiger partial charge in [-0.2, -0.15) is 0 Å². The Morgan fingerprint density at radius 1 is 0.969 bits per heavy atom. The molecule has 0 saturated heterocycles. The standard InChI is InChI=1S/C24H20N2O5S/c1-2-15-8-11-17(12-9-15)25-23(28)16-10-13-19-20(14-16)26-24(29)22(21(19)27)32(30,31)18-6-4-3-5-7-18/h3-14,22H,2H2,1H3,(H,25,28)(H,26,29). The molecule has 0 bridgehead atoms. The van der Waals surface area contributed by atoms with E-state index < -0.39 is 32.7 Å². The second kappa shape index (κ2) is 8.39. The third kappa shape index (κ3) is 3.92. The highest BCUT2D eigenvalue weighted by atomic mass is 32.2. The van der Waals surface area contributed by atoms with Crippen molar-refractivity contribution in [3.63, 3.8) is 0 Å². The van der Waals surface area contributed by atoms with Crippen molar-refractivity contribution >= 4 is 38.8 Å². The average molecular weight is 449 g/mol. The first-order chi connectivity index (χ1) is 15.3. The van der Waals surface area contributed by atoms with E-state index in [2.05, 4.69) is 10.6 Å². The number of ketones is 1. The minimum absolute atomic E-state index is 0.0398. The number of hydrogen-bond donors (Lipinski definition) is 2. The van der Waals surface area contributed by atoms with Gasteiger partial charge in [0.15, 0.2) is 15.6 Å². The van der Waals surface area contributed by atoms with E-state index in [9.17, 15) is 22.8 Å².